The van der Waals surface area contributed by atoms with Crippen molar-refractivity contribution in [1.29, 1.82) is 0 Å². The van der Waals surface area contributed by atoms with Crippen LogP contribution in [0, 0.1) is 0 Å². The number of carbonyl (C=O) groups excluding carboxylic acids is 1. The lowest BCUT2D eigenvalue weighted by Crippen LogP contribution is -2.13. The molecule has 0 radical (unpaired) electrons. The number of nitrogens with zero attached hydrogens (tertiary/aromatic N) is 3. The van der Waals surface area contributed by atoms with Crippen LogP contribution in [0.3, 0.4) is 0 Å². The van der Waals surface area contributed by atoms with E-state index in [1.165, 1.54) is 0 Å². The number of carbonyl (C=O) groups is 1. The number of hydrogen-bond acceptors (Lipinski definition) is 4. The molecular formula is C18H17BrN4O2. The summed E-state index contributed by atoms with van der Waals surface area (Å²) in [6, 6.07) is 10.6. The molecule has 0 saturated carbocycles. The van der Waals surface area contributed by atoms with Crippen LogP contribution < -0.4 is 5.32 Å². The maximum absolute atomic E-state index is 12.7. The Bertz CT molecular complexity index is 907. The Kier molecular flexibility index (Phi) is 4.85. The van der Waals surface area contributed by atoms with Crippen LogP contribution in [0.2, 0.25) is 0 Å². The number of anilines is 1. The van der Waals surface area contributed by atoms with Crippen LogP contribution >= 0.6 is 15.9 Å². The van der Waals surface area contributed by atoms with E-state index in [9.17, 15) is 9.90 Å². The highest BCUT2D eigenvalue weighted by Crippen LogP contribution is 2.29. The predicted octanol–water partition coefficient (Wildman–Crippen LogP) is 4.11. The molecule has 0 atom stereocenters. The first-order valence-corrected chi connectivity index (χ1v) is 8.54. The lowest BCUT2D eigenvalue weighted by atomic mass is 10.0. The second kappa shape index (κ2) is 7.06. The fourth-order valence-electron chi connectivity index (χ4n) is 2.38. The second-order valence-corrected chi connectivity index (χ2v) is 6.77. The van der Waals surface area contributed by atoms with Crippen LogP contribution in [-0.2, 0) is 0 Å². The average Bonchev–Trinajstić information content (AvgIpc) is 3.11. The summed E-state index contributed by atoms with van der Waals surface area (Å²) in [6.45, 7) is 4.11. The Hall–Kier alpha value is -2.67. The zero-order valence-electron chi connectivity index (χ0n) is 13.8. The first-order chi connectivity index (χ1) is 12.0. The third-order valence-corrected chi connectivity index (χ3v) is 4.54. The van der Waals surface area contributed by atoms with Crippen LogP contribution in [0.15, 0.2) is 53.5 Å². The fourth-order valence-corrected chi connectivity index (χ4v) is 2.81. The van der Waals surface area contributed by atoms with Crippen LogP contribution in [0.5, 0.6) is 5.75 Å². The van der Waals surface area contributed by atoms with Gasteiger partial charge < -0.3 is 10.4 Å². The second-order valence-electron chi connectivity index (χ2n) is 5.92. The van der Waals surface area contributed by atoms with Gasteiger partial charge in [-0.1, -0.05) is 19.9 Å². The van der Waals surface area contributed by atoms with Gasteiger partial charge in [-0.2, -0.15) is 0 Å². The van der Waals surface area contributed by atoms with Gasteiger partial charge in [0.15, 0.2) is 0 Å². The van der Waals surface area contributed by atoms with E-state index in [1.54, 1.807) is 41.5 Å². The van der Waals surface area contributed by atoms with E-state index in [0.29, 0.717) is 21.6 Å². The smallest absolute Gasteiger partial charge is 0.256 e. The Labute approximate surface area is 153 Å². The number of benzene rings is 2. The summed E-state index contributed by atoms with van der Waals surface area (Å²) in [7, 11) is 0. The van der Waals surface area contributed by atoms with Crippen molar-refractivity contribution in [3.8, 4) is 11.4 Å². The van der Waals surface area contributed by atoms with Crippen molar-refractivity contribution in [2.24, 2.45) is 0 Å². The highest BCUT2D eigenvalue weighted by Gasteiger charge is 2.15. The Morgan fingerprint density at radius 2 is 1.88 bits per heavy atom. The van der Waals surface area contributed by atoms with Crippen molar-refractivity contribution in [3.05, 3.63) is 64.7 Å². The molecule has 0 bridgehead atoms. The molecule has 2 aromatic carbocycles. The summed E-state index contributed by atoms with van der Waals surface area (Å²) in [4.78, 5) is 12.7. The quantitative estimate of drug-likeness (QED) is 0.645. The molecule has 3 aromatic rings. The van der Waals surface area contributed by atoms with E-state index in [0.717, 1.165) is 11.3 Å². The molecule has 7 heteroatoms. The van der Waals surface area contributed by atoms with Crippen LogP contribution in [-0.4, -0.2) is 25.8 Å². The zero-order valence-corrected chi connectivity index (χ0v) is 15.4. The summed E-state index contributed by atoms with van der Waals surface area (Å²) >= 11 is 3.40. The molecular weight excluding hydrogens is 384 g/mol. The summed E-state index contributed by atoms with van der Waals surface area (Å²) in [5.74, 6) is 0.00176. The molecule has 1 heterocycles. The normalized spacial score (nSPS) is 10.9. The van der Waals surface area contributed by atoms with Gasteiger partial charge >= 0.3 is 0 Å². The van der Waals surface area contributed by atoms with Gasteiger partial charge in [-0.3, -0.25) is 9.36 Å². The number of rotatable bonds is 4. The van der Waals surface area contributed by atoms with Gasteiger partial charge in [0.1, 0.15) is 18.4 Å². The molecule has 0 spiro atoms. The average molecular weight is 401 g/mol. The molecule has 0 aliphatic rings. The molecule has 2 N–H and O–H groups in total. The maximum Gasteiger partial charge on any atom is 0.256 e. The molecule has 0 unspecified atom stereocenters. The van der Waals surface area contributed by atoms with Gasteiger partial charge in [0, 0.05) is 10.2 Å². The van der Waals surface area contributed by atoms with Gasteiger partial charge in [0.05, 0.1) is 11.3 Å². The highest BCUT2D eigenvalue weighted by molar-refractivity contribution is 9.10. The number of amides is 1. The van der Waals surface area contributed by atoms with E-state index in [2.05, 4.69) is 45.3 Å². The summed E-state index contributed by atoms with van der Waals surface area (Å²) in [5, 5.41) is 20.4. The Morgan fingerprint density at radius 3 is 2.56 bits per heavy atom. The summed E-state index contributed by atoms with van der Waals surface area (Å²) in [6.07, 6.45) is 3.12. The number of nitrogens with one attached hydrogen (secondary N) is 1. The van der Waals surface area contributed by atoms with E-state index < -0.39 is 0 Å². The van der Waals surface area contributed by atoms with Crippen molar-refractivity contribution in [2.75, 3.05) is 5.32 Å². The van der Waals surface area contributed by atoms with Crippen molar-refractivity contribution in [2.45, 2.75) is 19.8 Å². The molecule has 0 aliphatic heterocycles. The molecule has 0 aliphatic carbocycles. The van der Waals surface area contributed by atoms with Gasteiger partial charge in [-0.15, -0.1) is 10.2 Å². The van der Waals surface area contributed by atoms with E-state index in [-0.39, 0.29) is 11.7 Å². The van der Waals surface area contributed by atoms with Crippen molar-refractivity contribution in [3.63, 3.8) is 0 Å². The molecule has 0 fully saturated rings. The minimum atomic E-state index is -0.321. The Balaban J connectivity index is 1.91. The first kappa shape index (κ1) is 17.2. The third-order valence-electron chi connectivity index (χ3n) is 3.85. The van der Waals surface area contributed by atoms with Crippen LogP contribution in [0.25, 0.3) is 5.69 Å². The topological polar surface area (TPSA) is 80.0 Å². The molecule has 1 aromatic heterocycles. The monoisotopic (exact) mass is 400 g/mol. The van der Waals surface area contributed by atoms with Crippen LogP contribution in [0.4, 0.5) is 5.69 Å². The van der Waals surface area contributed by atoms with Crippen molar-refractivity contribution < 1.29 is 9.90 Å². The van der Waals surface area contributed by atoms with Gasteiger partial charge in [0.2, 0.25) is 0 Å². The third kappa shape index (κ3) is 3.71. The number of hydrogen-bond donors (Lipinski definition) is 2. The fraction of sp³-hybridized carbons (Fsp3) is 0.167. The van der Waals surface area contributed by atoms with Crippen molar-refractivity contribution >= 4 is 27.5 Å². The molecule has 25 heavy (non-hydrogen) atoms. The largest absolute Gasteiger partial charge is 0.506 e. The minimum absolute atomic E-state index is 0.0313. The number of aromatic nitrogens is 3. The lowest BCUT2D eigenvalue weighted by Gasteiger charge is -2.13. The molecule has 128 valence electrons. The summed E-state index contributed by atoms with van der Waals surface area (Å²) < 4.78 is 2.36. The standard InChI is InChI=1S/C18H17BrN4O2/c1-11(2)12-3-6-17(24)16(7-12)22-18(25)14-8-13(4-5-15(14)19)23-9-20-21-10-23/h3-11,24H,1-2H3,(H,22,25). The van der Waals surface area contributed by atoms with Gasteiger partial charge in [0.25, 0.3) is 5.91 Å². The number of phenolic OH excluding ortho intramolecular Hbond substituents is 1. The minimum Gasteiger partial charge on any atom is -0.506 e. The molecule has 6 nitrogen and oxygen atoms in total. The van der Waals surface area contributed by atoms with Gasteiger partial charge in [-0.25, -0.2) is 0 Å². The van der Waals surface area contributed by atoms with E-state index in [1.807, 2.05) is 12.1 Å². The predicted molar refractivity (Wildman–Crippen MR) is 99.2 cm³/mol. The molecule has 0 saturated heterocycles. The first-order valence-electron chi connectivity index (χ1n) is 7.74. The number of halogens is 1. The highest BCUT2D eigenvalue weighted by atomic mass is 79.9. The van der Waals surface area contributed by atoms with Crippen LogP contribution in [0.1, 0.15) is 35.7 Å². The van der Waals surface area contributed by atoms with Gasteiger partial charge in [-0.05, 0) is 57.7 Å². The number of aromatic hydroxyl groups is 1. The molecule has 1 amide bonds. The summed E-state index contributed by atoms with van der Waals surface area (Å²) in [5.41, 5.74) is 2.63. The van der Waals surface area contributed by atoms with E-state index in [4.69, 9.17) is 0 Å². The lowest BCUT2D eigenvalue weighted by molar-refractivity contribution is 0.102. The molecule has 3 rings (SSSR count). The maximum atomic E-state index is 12.7. The Morgan fingerprint density at radius 1 is 1.16 bits per heavy atom. The van der Waals surface area contributed by atoms with E-state index >= 15 is 0 Å². The SMILES string of the molecule is CC(C)c1ccc(O)c(NC(=O)c2cc(-n3cnnc3)ccc2Br)c1. The number of phenols is 1. The zero-order chi connectivity index (χ0) is 18.0. The van der Waals surface area contributed by atoms with Crippen molar-refractivity contribution in [1.82, 2.24) is 14.8 Å².